The van der Waals surface area contributed by atoms with Gasteiger partial charge in [-0.25, -0.2) is 0 Å². The highest BCUT2D eigenvalue weighted by Crippen LogP contribution is 2.36. The molecule has 6 nitrogen and oxygen atoms in total. The minimum absolute atomic E-state index is 0.111. The van der Waals surface area contributed by atoms with Crippen molar-refractivity contribution >= 4 is 40.3 Å². The number of para-hydroxylation sites is 1. The van der Waals surface area contributed by atoms with Crippen LogP contribution in [0.5, 0.6) is 0 Å². The lowest BCUT2D eigenvalue weighted by molar-refractivity contribution is 0.738. The second-order valence-electron chi connectivity index (χ2n) is 7.02. The van der Waals surface area contributed by atoms with E-state index >= 15 is 0 Å². The van der Waals surface area contributed by atoms with Crippen LogP contribution in [0.4, 0.5) is 23.1 Å². The van der Waals surface area contributed by atoms with Crippen molar-refractivity contribution in [2.24, 2.45) is 0 Å². The number of nitrogens with one attached hydrogen (secondary N) is 2. The molecule has 0 amide bonds. The average Bonchev–Trinajstić information content (AvgIpc) is 2.98. The Morgan fingerprint density at radius 3 is 2.68 bits per heavy atom. The van der Waals surface area contributed by atoms with E-state index in [1.807, 2.05) is 54.3 Å². The molecule has 2 aromatic carbocycles. The number of rotatable bonds is 3. The van der Waals surface area contributed by atoms with Crippen molar-refractivity contribution in [2.75, 3.05) is 16.0 Å². The third-order valence-corrected chi connectivity index (χ3v) is 5.21. The molecule has 1 aromatic heterocycles. The summed E-state index contributed by atoms with van der Waals surface area (Å²) in [7, 11) is 0. The maximum Gasteiger partial charge on any atom is 0.264 e. The number of hydrogen-bond acceptors (Lipinski definition) is 5. The number of aryl methyl sites for hydroxylation is 1. The van der Waals surface area contributed by atoms with E-state index in [0.29, 0.717) is 5.95 Å². The highest BCUT2D eigenvalue weighted by Gasteiger charge is 2.29. The fourth-order valence-electron chi connectivity index (χ4n) is 3.53. The van der Waals surface area contributed by atoms with E-state index in [-0.39, 0.29) is 28.0 Å². The predicted octanol–water partition coefficient (Wildman–Crippen LogP) is 3.53. The Kier molecular flexibility index (Phi) is 4.60. The largest absolute Gasteiger partial charge is 0.383 e. The van der Waals surface area contributed by atoms with Gasteiger partial charge >= 0.3 is 0 Å². The van der Waals surface area contributed by atoms with Crippen molar-refractivity contribution in [3.8, 4) is 0 Å². The first-order valence-corrected chi connectivity index (χ1v) is 9.50. The van der Waals surface area contributed by atoms with E-state index in [1.54, 1.807) is 0 Å². The van der Waals surface area contributed by atoms with Gasteiger partial charge in [0.05, 0.1) is 0 Å². The van der Waals surface area contributed by atoms with Crippen molar-refractivity contribution < 1.29 is 0 Å². The Hall–Kier alpha value is -3.19. The van der Waals surface area contributed by atoms with Crippen LogP contribution in [-0.4, -0.2) is 21.0 Å². The number of benzene rings is 2. The van der Waals surface area contributed by atoms with Gasteiger partial charge in [-0.15, -0.1) is 0 Å². The number of anilines is 4. The smallest absolute Gasteiger partial charge is 0.264 e. The van der Waals surface area contributed by atoms with Gasteiger partial charge in [0.1, 0.15) is 16.4 Å². The molecule has 0 bridgehead atoms. The SMILES string of the molecule is Cc1ccc(NC(=S)c2c(N)nc(N3c4ccccc4C[C@@H]3C)[nH]c2=O)cc1. The minimum atomic E-state index is -0.358. The van der Waals surface area contributed by atoms with Gasteiger partial charge in [0.25, 0.3) is 5.56 Å². The fourth-order valence-corrected chi connectivity index (χ4v) is 3.85. The molecular formula is C21H21N5OS. The van der Waals surface area contributed by atoms with Crippen LogP contribution in [0.3, 0.4) is 0 Å². The van der Waals surface area contributed by atoms with Gasteiger partial charge in [-0.05, 0) is 44.0 Å². The number of thiocarbonyl (C=S) groups is 1. The molecule has 4 N–H and O–H groups in total. The standard InChI is InChI=1S/C21H21N5OS/c1-12-7-9-15(10-8-12)23-20(28)17-18(22)24-21(25-19(17)27)26-13(2)11-14-5-3-4-6-16(14)26/h3-10,13H,11H2,1-2H3,(H,23,28)(H3,22,24,25,27)/t13-/m0/s1. The molecule has 0 radical (unpaired) electrons. The summed E-state index contributed by atoms with van der Waals surface area (Å²) in [5.41, 5.74) is 10.2. The van der Waals surface area contributed by atoms with Crippen LogP contribution in [0.2, 0.25) is 0 Å². The normalized spacial score (nSPS) is 15.4. The van der Waals surface area contributed by atoms with E-state index in [4.69, 9.17) is 18.0 Å². The zero-order chi connectivity index (χ0) is 19.8. The van der Waals surface area contributed by atoms with Gasteiger partial charge in [-0.2, -0.15) is 4.98 Å². The zero-order valence-corrected chi connectivity index (χ0v) is 16.5. The lowest BCUT2D eigenvalue weighted by Crippen LogP contribution is -2.31. The molecule has 0 aliphatic carbocycles. The molecule has 1 atom stereocenters. The second kappa shape index (κ2) is 7.09. The number of nitrogens with two attached hydrogens (primary N) is 1. The summed E-state index contributed by atoms with van der Waals surface area (Å²) in [6, 6.07) is 16.0. The van der Waals surface area contributed by atoms with Crippen LogP contribution in [0.1, 0.15) is 23.6 Å². The molecule has 0 saturated carbocycles. The predicted molar refractivity (Wildman–Crippen MR) is 118 cm³/mol. The summed E-state index contributed by atoms with van der Waals surface area (Å²) in [4.78, 5) is 22.4. The third kappa shape index (κ3) is 3.25. The summed E-state index contributed by atoms with van der Waals surface area (Å²) < 4.78 is 0. The zero-order valence-electron chi connectivity index (χ0n) is 15.7. The van der Waals surface area contributed by atoms with Gasteiger partial charge in [0.15, 0.2) is 0 Å². The molecule has 1 aliphatic heterocycles. The number of nitrogens with zero attached hydrogens (tertiary/aromatic N) is 2. The van der Waals surface area contributed by atoms with Crippen LogP contribution in [0.25, 0.3) is 0 Å². The lowest BCUT2D eigenvalue weighted by Gasteiger charge is -2.23. The van der Waals surface area contributed by atoms with E-state index in [1.165, 1.54) is 5.56 Å². The van der Waals surface area contributed by atoms with E-state index in [2.05, 4.69) is 28.3 Å². The summed E-state index contributed by atoms with van der Waals surface area (Å²) >= 11 is 5.41. The highest BCUT2D eigenvalue weighted by atomic mass is 32.1. The van der Waals surface area contributed by atoms with Crippen molar-refractivity contribution in [1.29, 1.82) is 0 Å². The summed E-state index contributed by atoms with van der Waals surface area (Å²) in [5, 5.41) is 3.06. The average molecular weight is 392 g/mol. The number of H-pyrrole nitrogens is 1. The van der Waals surface area contributed by atoms with Gasteiger partial charge < -0.3 is 16.0 Å². The van der Waals surface area contributed by atoms with Gasteiger partial charge in [0, 0.05) is 17.4 Å². The molecule has 0 unspecified atom stereocenters. The number of aromatic amines is 1. The maximum atomic E-state index is 12.8. The topological polar surface area (TPSA) is 87.0 Å². The molecule has 0 spiro atoms. The van der Waals surface area contributed by atoms with Gasteiger partial charge in [-0.1, -0.05) is 48.1 Å². The fraction of sp³-hybridized carbons (Fsp3) is 0.190. The Morgan fingerprint density at radius 2 is 1.96 bits per heavy atom. The Balaban J connectivity index is 1.67. The van der Waals surface area contributed by atoms with Crippen LogP contribution in [0, 0.1) is 6.92 Å². The first-order chi connectivity index (χ1) is 13.4. The van der Waals surface area contributed by atoms with Crippen LogP contribution >= 0.6 is 12.2 Å². The minimum Gasteiger partial charge on any atom is -0.383 e. The Morgan fingerprint density at radius 1 is 1.25 bits per heavy atom. The Labute approximate surface area is 168 Å². The van der Waals surface area contributed by atoms with Gasteiger partial charge in [0.2, 0.25) is 5.95 Å². The first kappa shape index (κ1) is 18.2. The van der Waals surface area contributed by atoms with Crippen molar-refractivity contribution in [3.05, 3.63) is 75.6 Å². The van der Waals surface area contributed by atoms with Crippen LogP contribution in [-0.2, 0) is 6.42 Å². The monoisotopic (exact) mass is 391 g/mol. The maximum absolute atomic E-state index is 12.8. The van der Waals surface area contributed by atoms with Crippen molar-refractivity contribution in [1.82, 2.24) is 9.97 Å². The molecule has 28 heavy (non-hydrogen) atoms. The molecule has 2 heterocycles. The molecule has 142 valence electrons. The molecule has 3 aromatic rings. The molecule has 7 heteroatoms. The molecule has 0 fully saturated rings. The molecule has 0 saturated heterocycles. The summed E-state index contributed by atoms with van der Waals surface area (Å²) in [5.74, 6) is 0.543. The van der Waals surface area contributed by atoms with Crippen molar-refractivity contribution in [2.45, 2.75) is 26.3 Å². The Bertz CT molecular complexity index is 1110. The van der Waals surface area contributed by atoms with Crippen LogP contribution < -0.4 is 21.5 Å². The molecular weight excluding hydrogens is 370 g/mol. The number of hydrogen-bond donors (Lipinski definition) is 3. The van der Waals surface area contributed by atoms with E-state index in [0.717, 1.165) is 23.4 Å². The third-order valence-electron chi connectivity index (χ3n) is 4.91. The number of fused-ring (bicyclic) bond motifs is 1. The highest BCUT2D eigenvalue weighted by molar-refractivity contribution is 7.81. The van der Waals surface area contributed by atoms with E-state index in [9.17, 15) is 4.79 Å². The van der Waals surface area contributed by atoms with Crippen molar-refractivity contribution in [3.63, 3.8) is 0 Å². The molecule has 4 rings (SSSR count). The lowest BCUT2D eigenvalue weighted by atomic mass is 10.1. The van der Waals surface area contributed by atoms with Gasteiger partial charge in [-0.3, -0.25) is 9.78 Å². The van der Waals surface area contributed by atoms with Crippen LogP contribution in [0.15, 0.2) is 53.3 Å². The molecule has 1 aliphatic rings. The quantitative estimate of drug-likeness (QED) is 0.592. The second-order valence-corrected chi connectivity index (χ2v) is 7.43. The summed E-state index contributed by atoms with van der Waals surface area (Å²) in [6.45, 7) is 4.10. The summed E-state index contributed by atoms with van der Waals surface area (Å²) in [6.07, 6.45) is 0.884. The number of nitrogen functional groups attached to an aromatic ring is 1. The first-order valence-electron chi connectivity index (χ1n) is 9.09. The number of aromatic nitrogens is 2. The van der Waals surface area contributed by atoms with E-state index < -0.39 is 0 Å².